The first-order valence-electron chi connectivity index (χ1n) is 10.5. The van der Waals surface area contributed by atoms with Gasteiger partial charge in [0, 0.05) is 32.2 Å². The number of piperazine rings is 1. The van der Waals surface area contributed by atoms with Gasteiger partial charge in [0.1, 0.15) is 0 Å². The summed E-state index contributed by atoms with van der Waals surface area (Å²) in [5.74, 6) is -0.00470. The minimum atomic E-state index is -3.48. The highest BCUT2D eigenvalue weighted by Crippen LogP contribution is 2.18. The predicted molar refractivity (Wildman–Crippen MR) is 119 cm³/mol. The summed E-state index contributed by atoms with van der Waals surface area (Å²) in [7, 11) is -3.48. The Kier molecular flexibility index (Phi) is 7.64. The van der Waals surface area contributed by atoms with E-state index in [0.29, 0.717) is 31.1 Å². The summed E-state index contributed by atoms with van der Waals surface area (Å²) in [5.41, 5.74) is 1.27. The molecule has 6 nitrogen and oxygen atoms in total. The molecule has 0 aliphatic carbocycles. The zero-order valence-electron chi connectivity index (χ0n) is 17.7. The Morgan fingerprint density at radius 2 is 1.50 bits per heavy atom. The molecule has 1 aliphatic rings. The second-order valence-electron chi connectivity index (χ2n) is 7.86. The summed E-state index contributed by atoms with van der Waals surface area (Å²) >= 11 is 0. The van der Waals surface area contributed by atoms with Gasteiger partial charge in [0.05, 0.1) is 10.9 Å². The fourth-order valence-electron chi connectivity index (χ4n) is 3.70. The molecule has 0 aromatic heterocycles. The van der Waals surface area contributed by atoms with Crippen molar-refractivity contribution in [1.82, 2.24) is 14.5 Å². The van der Waals surface area contributed by atoms with Gasteiger partial charge in [0.15, 0.2) is 0 Å². The van der Waals surface area contributed by atoms with Crippen LogP contribution in [0.15, 0.2) is 65.6 Å². The van der Waals surface area contributed by atoms with Gasteiger partial charge >= 0.3 is 0 Å². The monoisotopic (exact) mass is 429 g/mol. The van der Waals surface area contributed by atoms with E-state index < -0.39 is 10.0 Å². The van der Waals surface area contributed by atoms with E-state index in [4.69, 9.17) is 0 Å². The average Bonchev–Trinajstić information content (AvgIpc) is 2.78. The molecule has 30 heavy (non-hydrogen) atoms. The second-order valence-corrected chi connectivity index (χ2v) is 9.80. The van der Waals surface area contributed by atoms with Crippen molar-refractivity contribution in [3.63, 3.8) is 0 Å². The number of carbonyl (C=O) groups is 1. The SMILES string of the molecule is C[C@H](CCc1ccccc1)NC(=O)[C@@H](C)N1CCN(S(=O)(=O)c2ccccc2)CC1. The molecular formula is C23H31N3O3S. The van der Waals surface area contributed by atoms with E-state index in [-0.39, 0.29) is 18.0 Å². The first-order valence-corrected chi connectivity index (χ1v) is 12.0. The van der Waals surface area contributed by atoms with Crippen LogP contribution in [0.5, 0.6) is 0 Å². The first kappa shape index (κ1) is 22.5. The van der Waals surface area contributed by atoms with Crippen molar-refractivity contribution in [3.05, 3.63) is 66.2 Å². The third kappa shape index (κ3) is 5.68. The van der Waals surface area contributed by atoms with Crippen molar-refractivity contribution in [2.45, 2.75) is 43.7 Å². The number of nitrogens with zero attached hydrogens (tertiary/aromatic N) is 2. The number of rotatable bonds is 8. The Hall–Kier alpha value is -2.22. The molecule has 1 amide bonds. The first-order chi connectivity index (χ1) is 14.4. The van der Waals surface area contributed by atoms with Gasteiger partial charge in [-0.15, -0.1) is 0 Å². The molecule has 1 heterocycles. The minimum absolute atomic E-state index is 0.00470. The van der Waals surface area contributed by atoms with Crippen LogP contribution in [0.1, 0.15) is 25.8 Å². The zero-order chi connectivity index (χ0) is 21.6. The molecule has 0 radical (unpaired) electrons. The lowest BCUT2D eigenvalue weighted by Gasteiger charge is -2.37. The molecule has 0 spiro atoms. The fraction of sp³-hybridized carbons (Fsp3) is 0.435. The maximum absolute atomic E-state index is 12.8. The molecule has 162 valence electrons. The molecular weight excluding hydrogens is 398 g/mol. The quantitative estimate of drug-likeness (QED) is 0.700. The number of hydrogen-bond acceptors (Lipinski definition) is 4. The summed E-state index contributed by atoms with van der Waals surface area (Å²) < 4.78 is 27.0. The van der Waals surface area contributed by atoms with E-state index in [2.05, 4.69) is 22.3 Å². The van der Waals surface area contributed by atoms with Gasteiger partial charge in [-0.2, -0.15) is 4.31 Å². The molecule has 2 aromatic rings. The van der Waals surface area contributed by atoms with E-state index in [1.807, 2.05) is 32.0 Å². The smallest absolute Gasteiger partial charge is 0.243 e. The van der Waals surface area contributed by atoms with Gasteiger partial charge in [-0.3, -0.25) is 9.69 Å². The molecule has 1 fully saturated rings. The van der Waals surface area contributed by atoms with Gasteiger partial charge in [-0.25, -0.2) is 8.42 Å². The van der Waals surface area contributed by atoms with Crippen molar-refractivity contribution >= 4 is 15.9 Å². The third-order valence-electron chi connectivity index (χ3n) is 5.68. The Balaban J connectivity index is 1.47. The lowest BCUT2D eigenvalue weighted by atomic mass is 10.1. The van der Waals surface area contributed by atoms with Crippen LogP contribution in [-0.2, 0) is 21.2 Å². The van der Waals surface area contributed by atoms with Crippen LogP contribution in [0.2, 0.25) is 0 Å². The molecule has 2 aromatic carbocycles. The third-order valence-corrected chi connectivity index (χ3v) is 7.59. The van der Waals surface area contributed by atoms with E-state index in [1.54, 1.807) is 30.3 Å². The fourth-order valence-corrected chi connectivity index (χ4v) is 5.15. The maximum atomic E-state index is 12.8. The number of nitrogens with one attached hydrogen (secondary N) is 1. The topological polar surface area (TPSA) is 69.7 Å². The van der Waals surface area contributed by atoms with Crippen LogP contribution in [0.3, 0.4) is 0 Å². The molecule has 3 rings (SSSR count). The van der Waals surface area contributed by atoms with Crippen LogP contribution in [-0.4, -0.2) is 61.8 Å². The molecule has 1 saturated heterocycles. The normalized spacial score (nSPS) is 17.9. The Morgan fingerprint density at radius 3 is 2.10 bits per heavy atom. The molecule has 0 unspecified atom stereocenters. The van der Waals surface area contributed by atoms with Crippen LogP contribution in [0.25, 0.3) is 0 Å². The van der Waals surface area contributed by atoms with Gasteiger partial charge in [-0.05, 0) is 44.4 Å². The lowest BCUT2D eigenvalue weighted by molar-refractivity contribution is -0.127. The van der Waals surface area contributed by atoms with Crippen molar-refractivity contribution in [3.8, 4) is 0 Å². The molecule has 7 heteroatoms. The van der Waals surface area contributed by atoms with E-state index in [1.165, 1.54) is 9.87 Å². The second kappa shape index (κ2) is 10.2. The summed E-state index contributed by atoms with van der Waals surface area (Å²) in [4.78, 5) is 15.0. The Morgan fingerprint density at radius 1 is 0.933 bits per heavy atom. The van der Waals surface area contributed by atoms with Crippen LogP contribution in [0.4, 0.5) is 0 Å². The van der Waals surface area contributed by atoms with E-state index >= 15 is 0 Å². The van der Waals surface area contributed by atoms with E-state index in [0.717, 1.165) is 12.8 Å². The molecule has 1 aliphatic heterocycles. The number of carbonyl (C=O) groups excluding carboxylic acids is 1. The summed E-state index contributed by atoms with van der Waals surface area (Å²) in [6, 6.07) is 18.5. The van der Waals surface area contributed by atoms with Gasteiger partial charge in [-0.1, -0.05) is 48.5 Å². The Labute approximate surface area is 179 Å². The molecule has 2 atom stereocenters. The number of hydrogen-bond donors (Lipinski definition) is 1. The van der Waals surface area contributed by atoms with Gasteiger partial charge in [0.25, 0.3) is 0 Å². The number of aryl methyl sites for hydroxylation is 1. The van der Waals surface area contributed by atoms with Crippen molar-refractivity contribution < 1.29 is 13.2 Å². The van der Waals surface area contributed by atoms with E-state index in [9.17, 15) is 13.2 Å². The number of benzene rings is 2. The van der Waals surface area contributed by atoms with Crippen LogP contribution < -0.4 is 5.32 Å². The molecule has 1 N–H and O–H groups in total. The zero-order valence-corrected chi connectivity index (χ0v) is 18.5. The van der Waals surface area contributed by atoms with Gasteiger partial charge in [0.2, 0.25) is 15.9 Å². The highest BCUT2D eigenvalue weighted by molar-refractivity contribution is 7.89. The predicted octanol–water partition coefficient (Wildman–Crippen LogP) is 2.52. The Bertz CT molecular complexity index is 911. The number of amides is 1. The summed E-state index contributed by atoms with van der Waals surface area (Å²) in [6.45, 7) is 5.77. The highest BCUT2D eigenvalue weighted by atomic mass is 32.2. The van der Waals surface area contributed by atoms with Crippen molar-refractivity contribution in [2.24, 2.45) is 0 Å². The standard InChI is InChI=1S/C23H31N3O3S/c1-19(13-14-21-9-5-3-6-10-21)24-23(27)20(2)25-15-17-26(18-16-25)30(28,29)22-11-7-4-8-12-22/h3-12,19-20H,13-18H2,1-2H3,(H,24,27)/t19-,20-/m1/s1. The summed E-state index contributed by atoms with van der Waals surface area (Å²) in [5, 5.41) is 3.10. The average molecular weight is 430 g/mol. The van der Waals surface area contributed by atoms with Crippen molar-refractivity contribution in [2.75, 3.05) is 26.2 Å². The van der Waals surface area contributed by atoms with Crippen LogP contribution >= 0.6 is 0 Å². The van der Waals surface area contributed by atoms with Crippen molar-refractivity contribution in [1.29, 1.82) is 0 Å². The van der Waals surface area contributed by atoms with Gasteiger partial charge < -0.3 is 5.32 Å². The molecule has 0 bridgehead atoms. The molecule has 0 saturated carbocycles. The largest absolute Gasteiger partial charge is 0.352 e. The highest BCUT2D eigenvalue weighted by Gasteiger charge is 2.31. The minimum Gasteiger partial charge on any atom is -0.352 e. The van der Waals surface area contributed by atoms with Crippen LogP contribution in [0, 0.1) is 0 Å². The number of sulfonamides is 1. The maximum Gasteiger partial charge on any atom is 0.243 e. The lowest BCUT2D eigenvalue weighted by Crippen LogP contribution is -2.55. The summed E-state index contributed by atoms with van der Waals surface area (Å²) in [6.07, 6.45) is 1.80.